The van der Waals surface area contributed by atoms with E-state index in [-0.39, 0.29) is 0 Å². The van der Waals surface area contributed by atoms with Crippen molar-refractivity contribution in [3.8, 4) is 0 Å². The van der Waals surface area contributed by atoms with E-state index >= 15 is 0 Å². The van der Waals surface area contributed by atoms with Crippen molar-refractivity contribution in [1.82, 2.24) is 9.80 Å². The summed E-state index contributed by atoms with van der Waals surface area (Å²) < 4.78 is 0. The molecule has 2 atom stereocenters. The van der Waals surface area contributed by atoms with Crippen LogP contribution in [0.1, 0.15) is 39.0 Å². The van der Waals surface area contributed by atoms with Crippen LogP contribution in [0, 0.1) is 5.92 Å². The van der Waals surface area contributed by atoms with Gasteiger partial charge in [-0.3, -0.25) is 4.90 Å². The van der Waals surface area contributed by atoms with Crippen LogP contribution in [0.2, 0.25) is 0 Å². The number of hydrogen-bond donors (Lipinski definition) is 0. The topological polar surface area (TPSA) is 6.48 Å². The third-order valence-corrected chi connectivity index (χ3v) is 5.38. The second-order valence-electron chi connectivity index (χ2n) is 5.73. The van der Waals surface area contributed by atoms with Crippen molar-refractivity contribution in [2.24, 2.45) is 5.92 Å². The predicted molar refractivity (Wildman–Crippen MR) is 77.8 cm³/mol. The molecule has 2 aliphatic heterocycles. The van der Waals surface area contributed by atoms with E-state index in [0.717, 1.165) is 17.3 Å². The molecule has 0 aromatic heterocycles. The number of hydrogen-bond acceptors (Lipinski definition) is 2. The van der Waals surface area contributed by atoms with Crippen molar-refractivity contribution in [2.45, 2.75) is 45.1 Å². The lowest BCUT2D eigenvalue weighted by Crippen LogP contribution is -2.41. The minimum absolute atomic E-state index is 0.843. The first-order valence-corrected chi connectivity index (χ1v) is 8.48. The lowest BCUT2D eigenvalue weighted by molar-refractivity contribution is 0.159. The molecule has 0 saturated carbocycles. The van der Waals surface area contributed by atoms with Crippen LogP contribution in [-0.4, -0.2) is 53.9 Å². The van der Waals surface area contributed by atoms with Crippen LogP contribution in [0.4, 0.5) is 0 Å². The first-order chi connectivity index (χ1) is 8.33. The van der Waals surface area contributed by atoms with Gasteiger partial charge in [0.2, 0.25) is 0 Å². The zero-order valence-corrected chi connectivity index (χ0v) is 12.8. The van der Waals surface area contributed by atoms with Gasteiger partial charge in [-0.25, -0.2) is 0 Å². The van der Waals surface area contributed by atoms with Gasteiger partial charge in [-0.2, -0.15) is 0 Å². The first-order valence-electron chi connectivity index (χ1n) is 7.35. The fourth-order valence-corrected chi connectivity index (χ4v) is 3.87. The average Bonchev–Trinajstić information content (AvgIpc) is 2.85. The summed E-state index contributed by atoms with van der Waals surface area (Å²) in [4.78, 5) is 5.44. The Balaban J connectivity index is 1.74. The lowest BCUT2D eigenvalue weighted by atomic mass is 10.1. The second kappa shape index (κ2) is 7.10. The Morgan fingerprint density at radius 3 is 2.59 bits per heavy atom. The Labute approximate surface area is 115 Å². The fraction of sp³-hybridized carbons (Fsp3) is 1.00. The summed E-state index contributed by atoms with van der Waals surface area (Å²) in [6.45, 7) is 8.96. The Hall–Kier alpha value is 0.400. The molecule has 2 saturated heterocycles. The highest BCUT2D eigenvalue weighted by atomic mass is 79.9. The molecule has 2 nitrogen and oxygen atoms in total. The van der Waals surface area contributed by atoms with Crippen LogP contribution in [0.5, 0.6) is 0 Å². The lowest BCUT2D eigenvalue weighted by Gasteiger charge is -2.32. The Morgan fingerprint density at radius 2 is 1.94 bits per heavy atom. The van der Waals surface area contributed by atoms with Crippen LogP contribution < -0.4 is 0 Å². The molecule has 0 aromatic rings. The molecule has 0 aliphatic carbocycles. The molecule has 0 N–H and O–H groups in total. The van der Waals surface area contributed by atoms with E-state index < -0.39 is 0 Å². The molecule has 2 unspecified atom stereocenters. The van der Waals surface area contributed by atoms with Crippen LogP contribution >= 0.6 is 15.9 Å². The Kier molecular flexibility index (Phi) is 5.78. The van der Waals surface area contributed by atoms with Crippen molar-refractivity contribution in [3.63, 3.8) is 0 Å². The predicted octanol–water partition coefficient (Wildman–Crippen LogP) is 2.97. The average molecular weight is 303 g/mol. The quantitative estimate of drug-likeness (QED) is 0.721. The highest BCUT2D eigenvalue weighted by Gasteiger charge is 2.28. The zero-order chi connectivity index (χ0) is 12.1. The maximum atomic E-state index is 3.64. The number of nitrogens with zero attached hydrogens (tertiary/aromatic N) is 2. The third kappa shape index (κ3) is 3.93. The maximum absolute atomic E-state index is 3.64. The molecule has 0 radical (unpaired) electrons. The molecule has 0 bridgehead atoms. The van der Waals surface area contributed by atoms with E-state index in [2.05, 4.69) is 32.7 Å². The van der Waals surface area contributed by atoms with Gasteiger partial charge in [0.25, 0.3) is 0 Å². The number of piperidine rings is 1. The van der Waals surface area contributed by atoms with E-state index in [0.29, 0.717) is 0 Å². The molecule has 0 amide bonds. The van der Waals surface area contributed by atoms with E-state index in [4.69, 9.17) is 0 Å². The molecular weight excluding hydrogens is 276 g/mol. The highest BCUT2D eigenvalue weighted by Crippen LogP contribution is 2.21. The molecule has 2 rings (SSSR count). The summed E-state index contributed by atoms with van der Waals surface area (Å²) in [6.07, 6.45) is 7.01. The number of alkyl halides is 1. The van der Waals surface area contributed by atoms with Gasteiger partial charge in [0.1, 0.15) is 0 Å². The molecule has 2 fully saturated rings. The highest BCUT2D eigenvalue weighted by molar-refractivity contribution is 9.09. The summed E-state index contributed by atoms with van der Waals surface area (Å²) in [5, 5.41) is 1.16. The van der Waals surface area contributed by atoms with Crippen molar-refractivity contribution in [3.05, 3.63) is 0 Å². The summed E-state index contributed by atoms with van der Waals surface area (Å²) in [5.41, 5.74) is 0. The number of halogens is 1. The molecule has 100 valence electrons. The molecular formula is C14H27BrN2. The summed E-state index contributed by atoms with van der Waals surface area (Å²) in [6, 6.07) is 0.864. The van der Waals surface area contributed by atoms with Gasteiger partial charge >= 0.3 is 0 Å². The van der Waals surface area contributed by atoms with Crippen LogP contribution in [0.15, 0.2) is 0 Å². The minimum Gasteiger partial charge on any atom is -0.301 e. The fourth-order valence-electron chi connectivity index (χ4n) is 3.21. The van der Waals surface area contributed by atoms with Gasteiger partial charge < -0.3 is 4.90 Å². The molecule has 0 aromatic carbocycles. The van der Waals surface area contributed by atoms with Gasteiger partial charge in [-0.15, -0.1) is 0 Å². The second-order valence-corrected chi connectivity index (χ2v) is 6.37. The molecule has 0 spiro atoms. The van der Waals surface area contributed by atoms with E-state index in [1.54, 1.807) is 0 Å². The minimum atomic E-state index is 0.843. The first kappa shape index (κ1) is 13.8. The van der Waals surface area contributed by atoms with Crippen molar-refractivity contribution >= 4 is 15.9 Å². The number of rotatable bonds is 5. The zero-order valence-electron chi connectivity index (χ0n) is 11.2. The van der Waals surface area contributed by atoms with Crippen molar-refractivity contribution in [1.29, 1.82) is 0 Å². The molecule has 2 heterocycles. The number of likely N-dealkylation sites (tertiary alicyclic amines) is 2. The van der Waals surface area contributed by atoms with Crippen LogP contribution in [0.25, 0.3) is 0 Å². The summed E-state index contributed by atoms with van der Waals surface area (Å²) in [7, 11) is 0. The van der Waals surface area contributed by atoms with E-state index in [9.17, 15) is 0 Å². The van der Waals surface area contributed by atoms with Crippen LogP contribution in [0.3, 0.4) is 0 Å². The van der Waals surface area contributed by atoms with Gasteiger partial charge in [-0.1, -0.05) is 35.7 Å². The largest absolute Gasteiger partial charge is 0.301 e. The summed E-state index contributed by atoms with van der Waals surface area (Å²) in [5.74, 6) is 0.843. The molecule has 3 heteroatoms. The normalized spacial score (nSPS) is 29.6. The van der Waals surface area contributed by atoms with E-state index in [1.807, 2.05) is 0 Å². The summed E-state index contributed by atoms with van der Waals surface area (Å²) >= 11 is 3.64. The Bertz CT molecular complexity index is 212. The Morgan fingerprint density at radius 1 is 1.18 bits per heavy atom. The maximum Gasteiger partial charge on any atom is 0.0235 e. The SMILES string of the molecule is CCC(CBr)CN1CCC(N2CCCCC2)C1. The van der Waals surface area contributed by atoms with E-state index in [1.165, 1.54) is 64.8 Å². The van der Waals surface area contributed by atoms with Crippen molar-refractivity contribution < 1.29 is 0 Å². The standard InChI is InChI=1S/C14H27BrN2/c1-2-13(10-15)11-16-9-6-14(12-16)17-7-4-3-5-8-17/h13-14H,2-12H2,1H3. The third-order valence-electron chi connectivity index (χ3n) is 4.47. The molecule has 17 heavy (non-hydrogen) atoms. The van der Waals surface area contributed by atoms with Gasteiger partial charge in [0.15, 0.2) is 0 Å². The van der Waals surface area contributed by atoms with Crippen molar-refractivity contribution in [2.75, 3.05) is 38.1 Å². The van der Waals surface area contributed by atoms with Gasteiger partial charge in [0, 0.05) is 24.5 Å². The molecule has 2 aliphatic rings. The monoisotopic (exact) mass is 302 g/mol. The van der Waals surface area contributed by atoms with Gasteiger partial charge in [-0.05, 0) is 44.8 Å². The smallest absolute Gasteiger partial charge is 0.0235 e. The van der Waals surface area contributed by atoms with Gasteiger partial charge in [0.05, 0.1) is 0 Å². The van der Waals surface area contributed by atoms with Crippen LogP contribution in [-0.2, 0) is 0 Å².